The van der Waals surface area contributed by atoms with Crippen molar-refractivity contribution >= 4 is 0 Å². The largest absolute Gasteiger partial charge is 0.306 e. The third-order valence-corrected chi connectivity index (χ3v) is 3.00. The van der Waals surface area contributed by atoms with Gasteiger partial charge < -0.3 is 4.98 Å². The molecule has 1 N–H and O–H groups in total. The fourth-order valence-corrected chi connectivity index (χ4v) is 2.14. The quantitative estimate of drug-likeness (QED) is 0.881. The molecule has 0 aromatic carbocycles. The van der Waals surface area contributed by atoms with Crippen LogP contribution >= 0.6 is 0 Å². The molecule has 0 bridgehead atoms. The van der Waals surface area contributed by atoms with Crippen molar-refractivity contribution in [2.45, 2.75) is 33.6 Å². The zero-order chi connectivity index (χ0) is 13.3. The van der Waals surface area contributed by atoms with Gasteiger partial charge in [0.25, 0.3) is 5.56 Å². The van der Waals surface area contributed by atoms with Crippen LogP contribution in [0, 0.1) is 13.8 Å². The van der Waals surface area contributed by atoms with Crippen LogP contribution in [-0.4, -0.2) is 15.0 Å². The number of aromatic nitrogens is 3. The van der Waals surface area contributed by atoms with Crippen LogP contribution in [-0.2, 0) is 0 Å². The molecular formula is C14H17N3O. The summed E-state index contributed by atoms with van der Waals surface area (Å²) in [5.41, 5.74) is 3.41. The summed E-state index contributed by atoms with van der Waals surface area (Å²) < 4.78 is 0. The van der Waals surface area contributed by atoms with Crippen molar-refractivity contribution in [3.05, 3.63) is 45.6 Å². The molecule has 0 unspecified atom stereocenters. The van der Waals surface area contributed by atoms with E-state index >= 15 is 0 Å². The average Bonchev–Trinajstić information content (AvgIpc) is 2.27. The van der Waals surface area contributed by atoms with Gasteiger partial charge in [0.2, 0.25) is 0 Å². The van der Waals surface area contributed by atoms with Crippen molar-refractivity contribution < 1.29 is 0 Å². The molecule has 4 nitrogen and oxygen atoms in total. The summed E-state index contributed by atoms with van der Waals surface area (Å²) in [5, 5.41) is 0. The first-order valence-electron chi connectivity index (χ1n) is 6.02. The van der Waals surface area contributed by atoms with Crippen LogP contribution in [0.3, 0.4) is 0 Å². The molecule has 0 fully saturated rings. The van der Waals surface area contributed by atoms with Crippen LogP contribution in [0.15, 0.2) is 23.3 Å². The Labute approximate surface area is 106 Å². The van der Waals surface area contributed by atoms with Crippen LogP contribution in [0.4, 0.5) is 0 Å². The average molecular weight is 243 g/mol. The molecule has 2 rings (SSSR count). The summed E-state index contributed by atoms with van der Waals surface area (Å²) in [6.45, 7) is 7.83. The smallest absolute Gasteiger partial charge is 0.254 e. The van der Waals surface area contributed by atoms with Gasteiger partial charge in [-0.2, -0.15) is 0 Å². The molecule has 2 aromatic rings. The Balaban J connectivity index is 2.63. The van der Waals surface area contributed by atoms with Crippen LogP contribution in [0.2, 0.25) is 0 Å². The van der Waals surface area contributed by atoms with Gasteiger partial charge in [0.15, 0.2) is 0 Å². The first kappa shape index (κ1) is 12.5. The van der Waals surface area contributed by atoms with E-state index in [4.69, 9.17) is 0 Å². The zero-order valence-electron chi connectivity index (χ0n) is 11.1. The van der Waals surface area contributed by atoms with Gasteiger partial charge in [-0.25, -0.2) is 4.98 Å². The van der Waals surface area contributed by atoms with Crippen LogP contribution in [0.25, 0.3) is 11.4 Å². The molecule has 2 aromatic heterocycles. The Morgan fingerprint density at radius 1 is 1.28 bits per heavy atom. The number of nitrogens with one attached hydrogen (secondary N) is 1. The van der Waals surface area contributed by atoms with Gasteiger partial charge >= 0.3 is 0 Å². The van der Waals surface area contributed by atoms with Crippen molar-refractivity contribution in [3.8, 4) is 11.4 Å². The highest BCUT2D eigenvalue weighted by atomic mass is 16.1. The topological polar surface area (TPSA) is 58.6 Å². The number of rotatable bonds is 2. The number of H-pyrrole nitrogens is 1. The predicted molar refractivity (Wildman–Crippen MR) is 71.7 cm³/mol. The van der Waals surface area contributed by atoms with E-state index in [1.165, 1.54) is 0 Å². The Morgan fingerprint density at radius 2 is 2.00 bits per heavy atom. The van der Waals surface area contributed by atoms with E-state index in [0.717, 1.165) is 22.4 Å². The number of hydrogen-bond donors (Lipinski definition) is 1. The molecule has 2 heterocycles. The van der Waals surface area contributed by atoms with E-state index < -0.39 is 0 Å². The van der Waals surface area contributed by atoms with Crippen molar-refractivity contribution in [1.29, 1.82) is 0 Å². The maximum absolute atomic E-state index is 12.1. The summed E-state index contributed by atoms with van der Waals surface area (Å²) in [5.74, 6) is 0.788. The van der Waals surface area contributed by atoms with E-state index in [-0.39, 0.29) is 11.5 Å². The highest BCUT2D eigenvalue weighted by molar-refractivity contribution is 5.58. The first-order chi connectivity index (χ1) is 8.50. The van der Waals surface area contributed by atoms with Gasteiger partial charge in [-0.3, -0.25) is 9.78 Å². The number of aryl methyl sites for hydroxylation is 2. The number of nitrogens with zero attached hydrogens (tertiary/aromatic N) is 2. The van der Waals surface area contributed by atoms with E-state index in [0.29, 0.717) is 5.82 Å². The third kappa shape index (κ3) is 2.18. The fraction of sp³-hybridized carbons (Fsp3) is 0.357. The summed E-state index contributed by atoms with van der Waals surface area (Å²) in [7, 11) is 0. The molecule has 0 radical (unpaired) electrons. The molecule has 0 saturated heterocycles. The summed E-state index contributed by atoms with van der Waals surface area (Å²) >= 11 is 0. The zero-order valence-corrected chi connectivity index (χ0v) is 11.1. The molecule has 18 heavy (non-hydrogen) atoms. The van der Waals surface area contributed by atoms with Crippen LogP contribution in [0.1, 0.15) is 36.6 Å². The summed E-state index contributed by atoms with van der Waals surface area (Å²) in [6.07, 6.45) is 3.47. The van der Waals surface area contributed by atoms with Crippen molar-refractivity contribution in [2.75, 3.05) is 0 Å². The minimum Gasteiger partial charge on any atom is -0.306 e. The lowest BCUT2D eigenvalue weighted by atomic mass is 10.0. The van der Waals surface area contributed by atoms with Crippen molar-refractivity contribution in [2.24, 2.45) is 0 Å². The predicted octanol–water partition coefficient (Wildman–Crippen LogP) is 2.57. The second-order valence-electron chi connectivity index (χ2n) is 4.76. The lowest BCUT2D eigenvalue weighted by Crippen LogP contribution is -2.18. The Kier molecular flexibility index (Phi) is 3.28. The highest BCUT2D eigenvalue weighted by Crippen LogP contribution is 2.19. The fourth-order valence-electron chi connectivity index (χ4n) is 2.14. The van der Waals surface area contributed by atoms with Gasteiger partial charge in [-0.05, 0) is 31.4 Å². The number of pyridine rings is 1. The van der Waals surface area contributed by atoms with E-state index in [1.54, 1.807) is 12.4 Å². The molecule has 0 aliphatic heterocycles. The molecule has 0 saturated carbocycles. The van der Waals surface area contributed by atoms with Gasteiger partial charge in [-0.1, -0.05) is 13.8 Å². The highest BCUT2D eigenvalue weighted by Gasteiger charge is 2.13. The van der Waals surface area contributed by atoms with Gasteiger partial charge in [0, 0.05) is 29.2 Å². The Bertz CT molecular complexity index is 629. The standard InChI is InChI=1S/C14H17N3O/c1-8(2)12-10(4)16-13(17-14(12)18)11-5-6-15-7-9(11)3/h5-8H,1-4H3,(H,16,17,18). The van der Waals surface area contributed by atoms with Gasteiger partial charge in [0.05, 0.1) is 0 Å². The Hall–Kier alpha value is -1.97. The van der Waals surface area contributed by atoms with Gasteiger partial charge in [-0.15, -0.1) is 0 Å². The molecule has 0 atom stereocenters. The first-order valence-corrected chi connectivity index (χ1v) is 6.02. The minimum atomic E-state index is -0.0521. The SMILES string of the molecule is Cc1cnccc1-c1nc(C)c(C(C)C)c(=O)[nH]1. The van der Waals surface area contributed by atoms with Gasteiger partial charge in [0.1, 0.15) is 5.82 Å². The maximum Gasteiger partial charge on any atom is 0.254 e. The minimum absolute atomic E-state index is 0.0521. The van der Waals surface area contributed by atoms with Crippen molar-refractivity contribution in [1.82, 2.24) is 15.0 Å². The summed E-state index contributed by atoms with van der Waals surface area (Å²) in [4.78, 5) is 23.5. The molecular weight excluding hydrogens is 226 g/mol. The molecule has 94 valence electrons. The molecule has 0 aliphatic carbocycles. The number of hydrogen-bond acceptors (Lipinski definition) is 3. The maximum atomic E-state index is 12.1. The molecule has 4 heteroatoms. The lowest BCUT2D eigenvalue weighted by molar-refractivity contribution is 0.814. The van der Waals surface area contributed by atoms with E-state index in [9.17, 15) is 4.79 Å². The van der Waals surface area contributed by atoms with Crippen LogP contribution in [0.5, 0.6) is 0 Å². The number of aromatic amines is 1. The van der Waals surface area contributed by atoms with Crippen LogP contribution < -0.4 is 5.56 Å². The van der Waals surface area contributed by atoms with E-state index in [2.05, 4.69) is 15.0 Å². The molecule has 0 aliphatic rings. The second-order valence-corrected chi connectivity index (χ2v) is 4.76. The monoisotopic (exact) mass is 243 g/mol. The lowest BCUT2D eigenvalue weighted by Gasteiger charge is -2.10. The Morgan fingerprint density at radius 3 is 2.56 bits per heavy atom. The molecule has 0 amide bonds. The summed E-state index contributed by atoms with van der Waals surface area (Å²) in [6, 6.07) is 1.86. The second kappa shape index (κ2) is 4.72. The van der Waals surface area contributed by atoms with E-state index in [1.807, 2.05) is 33.8 Å². The molecule has 0 spiro atoms. The normalized spacial score (nSPS) is 10.9. The third-order valence-electron chi connectivity index (χ3n) is 3.00. The van der Waals surface area contributed by atoms with Crippen molar-refractivity contribution in [3.63, 3.8) is 0 Å².